The molecule has 3 rings (SSSR count). The van der Waals surface area contributed by atoms with E-state index in [-0.39, 0.29) is 5.82 Å². The molecule has 1 aliphatic carbocycles. The zero-order chi connectivity index (χ0) is 13.4. The van der Waals surface area contributed by atoms with Gasteiger partial charge in [0.15, 0.2) is 0 Å². The summed E-state index contributed by atoms with van der Waals surface area (Å²) in [6.07, 6.45) is 3.38. The fourth-order valence-electron chi connectivity index (χ4n) is 2.73. The van der Waals surface area contributed by atoms with Crippen LogP contribution in [0.2, 0.25) is 0 Å². The molecule has 1 aromatic carbocycles. The van der Waals surface area contributed by atoms with Crippen molar-refractivity contribution in [2.24, 2.45) is 11.8 Å². The first-order chi connectivity index (χ1) is 9.19. The maximum Gasteiger partial charge on any atom is 0.125 e. The van der Waals surface area contributed by atoms with Gasteiger partial charge < -0.3 is 4.57 Å². The van der Waals surface area contributed by atoms with Gasteiger partial charge in [0.25, 0.3) is 0 Å². The molecule has 0 N–H and O–H groups in total. The molecule has 1 saturated carbocycles. The number of nitrogens with zero attached hydrogens (tertiary/aromatic N) is 2. The van der Waals surface area contributed by atoms with Crippen LogP contribution < -0.4 is 0 Å². The van der Waals surface area contributed by atoms with Crippen molar-refractivity contribution in [2.45, 2.75) is 32.7 Å². The van der Waals surface area contributed by atoms with E-state index in [1.165, 1.54) is 18.9 Å². The molecule has 0 amide bonds. The van der Waals surface area contributed by atoms with Crippen LogP contribution in [0.5, 0.6) is 0 Å². The Balaban J connectivity index is 2.01. The summed E-state index contributed by atoms with van der Waals surface area (Å²) in [7, 11) is 0. The van der Waals surface area contributed by atoms with Crippen LogP contribution >= 0.6 is 11.6 Å². The van der Waals surface area contributed by atoms with Gasteiger partial charge in [-0.05, 0) is 42.9 Å². The number of fused-ring (bicyclic) bond motifs is 1. The number of aryl methyl sites for hydroxylation is 1. The minimum atomic E-state index is -0.204. The molecule has 2 nitrogen and oxygen atoms in total. The summed E-state index contributed by atoms with van der Waals surface area (Å²) in [5, 5.41) is 0. The Morgan fingerprint density at radius 1 is 1.47 bits per heavy atom. The lowest BCUT2D eigenvalue weighted by molar-refractivity contribution is 0.429. The van der Waals surface area contributed by atoms with Crippen molar-refractivity contribution in [1.82, 2.24) is 9.55 Å². The summed E-state index contributed by atoms with van der Waals surface area (Å²) >= 11 is 5.85. The maximum atomic E-state index is 13.5. The van der Waals surface area contributed by atoms with Crippen molar-refractivity contribution in [2.75, 3.05) is 5.88 Å². The number of alkyl halides is 1. The highest BCUT2D eigenvalue weighted by molar-refractivity contribution is 6.17. The number of imidazole rings is 1. The molecule has 0 bridgehead atoms. The highest BCUT2D eigenvalue weighted by atomic mass is 35.5. The predicted octanol–water partition coefficient (Wildman–Crippen LogP) is 4.00. The summed E-state index contributed by atoms with van der Waals surface area (Å²) in [6.45, 7) is 3.18. The molecule has 4 heteroatoms. The largest absolute Gasteiger partial charge is 0.328 e. The first-order valence-corrected chi connectivity index (χ1v) is 7.43. The van der Waals surface area contributed by atoms with Gasteiger partial charge in [0, 0.05) is 18.8 Å². The van der Waals surface area contributed by atoms with E-state index in [0.29, 0.717) is 11.8 Å². The topological polar surface area (TPSA) is 17.8 Å². The highest BCUT2D eigenvalue weighted by Crippen LogP contribution is 2.38. The Hall–Kier alpha value is -1.09. The molecule has 1 unspecified atom stereocenters. The van der Waals surface area contributed by atoms with E-state index in [9.17, 15) is 4.39 Å². The van der Waals surface area contributed by atoms with Crippen molar-refractivity contribution < 1.29 is 4.39 Å². The van der Waals surface area contributed by atoms with Crippen LogP contribution in [-0.2, 0) is 13.0 Å². The van der Waals surface area contributed by atoms with E-state index in [0.717, 1.165) is 35.7 Å². The minimum absolute atomic E-state index is 0.204. The average Bonchev–Trinajstić information content (AvgIpc) is 3.17. The molecule has 19 heavy (non-hydrogen) atoms. The van der Waals surface area contributed by atoms with Crippen LogP contribution in [0.25, 0.3) is 11.0 Å². The van der Waals surface area contributed by atoms with E-state index >= 15 is 0 Å². The van der Waals surface area contributed by atoms with Crippen molar-refractivity contribution in [1.29, 1.82) is 0 Å². The molecule has 0 radical (unpaired) electrons. The van der Waals surface area contributed by atoms with Crippen molar-refractivity contribution in [3.63, 3.8) is 0 Å². The third-order valence-corrected chi connectivity index (χ3v) is 4.19. The zero-order valence-electron chi connectivity index (χ0n) is 11.1. The number of hydrogen-bond donors (Lipinski definition) is 0. The Morgan fingerprint density at radius 3 is 2.95 bits per heavy atom. The fraction of sp³-hybridized carbons (Fsp3) is 0.533. The lowest BCUT2D eigenvalue weighted by Crippen LogP contribution is -2.12. The second-order valence-electron chi connectivity index (χ2n) is 5.53. The van der Waals surface area contributed by atoms with Crippen LogP contribution in [-0.4, -0.2) is 15.4 Å². The summed E-state index contributed by atoms with van der Waals surface area (Å²) < 4.78 is 15.6. The molecular formula is C15H18ClFN2. The molecule has 0 spiro atoms. The fourth-order valence-corrected chi connectivity index (χ4v) is 2.90. The second kappa shape index (κ2) is 5.12. The molecule has 1 atom stereocenters. The van der Waals surface area contributed by atoms with Crippen LogP contribution in [0.4, 0.5) is 4.39 Å². The Morgan fingerprint density at radius 2 is 2.26 bits per heavy atom. The lowest BCUT2D eigenvalue weighted by atomic mass is 10.1. The maximum absolute atomic E-state index is 13.5. The number of aromatic nitrogens is 2. The number of halogens is 2. The SMILES string of the molecule is CC(Cn1c(CCCl)nc2ccc(F)cc21)C1CC1. The third kappa shape index (κ3) is 2.62. The normalized spacial score (nSPS) is 17.0. The van der Waals surface area contributed by atoms with Crippen molar-refractivity contribution in [3.05, 3.63) is 29.8 Å². The molecule has 2 aromatic rings. The van der Waals surface area contributed by atoms with Crippen LogP contribution in [0.1, 0.15) is 25.6 Å². The van der Waals surface area contributed by atoms with Crippen LogP contribution in [0.15, 0.2) is 18.2 Å². The molecular weight excluding hydrogens is 263 g/mol. The Labute approximate surface area is 117 Å². The van der Waals surface area contributed by atoms with Crippen LogP contribution in [0.3, 0.4) is 0 Å². The highest BCUT2D eigenvalue weighted by Gasteiger charge is 2.28. The first-order valence-electron chi connectivity index (χ1n) is 6.89. The third-order valence-electron chi connectivity index (χ3n) is 4.00. The van der Waals surface area contributed by atoms with Gasteiger partial charge in [-0.2, -0.15) is 0 Å². The quantitative estimate of drug-likeness (QED) is 0.757. The minimum Gasteiger partial charge on any atom is -0.328 e. The molecule has 0 aliphatic heterocycles. The number of hydrogen-bond acceptors (Lipinski definition) is 1. The average molecular weight is 281 g/mol. The van der Waals surface area contributed by atoms with Gasteiger partial charge in [0.05, 0.1) is 11.0 Å². The van der Waals surface area contributed by atoms with Crippen molar-refractivity contribution in [3.8, 4) is 0 Å². The van der Waals surface area contributed by atoms with Gasteiger partial charge in [0.1, 0.15) is 11.6 Å². The van der Waals surface area contributed by atoms with E-state index in [4.69, 9.17) is 11.6 Å². The standard InChI is InChI=1S/C15H18ClFN2/c1-10(11-2-3-11)9-19-14-8-12(17)4-5-13(14)18-15(19)6-7-16/h4-5,8,10-11H,2-3,6-7,9H2,1H3. The zero-order valence-corrected chi connectivity index (χ0v) is 11.8. The van der Waals surface area contributed by atoms with Gasteiger partial charge in [-0.15, -0.1) is 11.6 Å². The Bertz CT molecular complexity index is 589. The van der Waals surface area contributed by atoms with Crippen LogP contribution in [0, 0.1) is 17.7 Å². The van der Waals surface area contributed by atoms with Gasteiger partial charge in [-0.3, -0.25) is 0 Å². The first kappa shape index (κ1) is 12.9. The Kier molecular flexibility index (Phi) is 3.48. The molecule has 1 fully saturated rings. The number of benzene rings is 1. The summed E-state index contributed by atoms with van der Waals surface area (Å²) in [5.41, 5.74) is 1.76. The van der Waals surface area contributed by atoms with E-state index in [2.05, 4.69) is 16.5 Å². The van der Waals surface area contributed by atoms with Gasteiger partial charge in [-0.1, -0.05) is 6.92 Å². The van der Waals surface area contributed by atoms with E-state index in [1.54, 1.807) is 12.1 Å². The summed E-state index contributed by atoms with van der Waals surface area (Å²) in [4.78, 5) is 4.59. The van der Waals surface area contributed by atoms with E-state index < -0.39 is 0 Å². The summed E-state index contributed by atoms with van der Waals surface area (Å²) in [5.74, 6) is 2.77. The van der Waals surface area contributed by atoms with Gasteiger partial charge in [0.2, 0.25) is 0 Å². The monoisotopic (exact) mass is 280 g/mol. The summed E-state index contributed by atoms with van der Waals surface area (Å²) in [6, 6.07) is 4.80. The van der Waals surface area contributed by atoms with E-state index in [1.807, 2.05) is 0 Å². The molecule has 1 heterocycles. The van der Waals surface area contributed by atoms with Gasteiger partial charge >= 0.3 is 0 Å². The number of rotatable bonds is 5. The molecule has 1 aliphatic rings. The second-order valence-corrected chi connectivity index (χ2v) is 5.90. The van der Waals surface area contributed by atoms with Crippen molar-refractivity contribution >= 4 is 22.6 Å². The van der Waals surface area contributed by atoms with Gasteiger partial charge in [-0.25, -0.2) is 9.37 Å². The smallest absolute Gasteiger partial charge is 0.125 e. The molecule has 1 aromatic heterocycles. The predicted molar refractivity (Wildman–Crippen MR) is 76.0 cm³/mol. The lowest BCUT2D eigenvalue weighted by Gasteiger charge is -2.14. The molecule has 102 valence electrons. The molecule has 0 saturated heterocycles.